The molecule has 0 atom stereocenters. The molecule has 1 aromatic heterocycles. The Bertz CT molecular complexity index is 659. The number of nitrogens with zero attached hydrogens (tertiary/aromatic N) is 3. The average Bonchev–Trinajstić information content (AvgIpc) is 2.33. The lowest BCUT2D eigenvalue weighted by Crippen LogP contribution is -2.03. The van der Waals surface area contributed by atoms with Crippen molar-refractivity contribution in [2.24, 2.45) is 0 Å². The molecule has 0 bridgehead atoms. The van der Waals surface area contributed by atoms with Crippen molar-refractivity contribution in [2.45, 2.75) is 13.8 Å². The summed E-state index contributed by atoms with van der Waals surface area (Å²) in [5, 5.41) is 20.1. The number of aryl methyl sites for hydroxylation is 1. The lowest BCUT2D eigenvalue weighted by Gasteiger charge is -2.09. The summed E-state index contributed by atoms with van der Waals surface area (Å²) in [6.07, 6.45) is 0. The summed E-state index contributed by atoms with van der Waals surface area (Å²) in [7, 11) is 0. The lowest BCUT2D eigenvalue weighted by molar-refractivity contribution is 0.628. The Morgan fingerprint density at radius 2 is 2.00 bits per heavy atom. The van der Waals surface area contributed by atoms with Crippen molar-refractivity contribution in [3.05, 3.63) is 45.9 Å². The van der Waals surface area contributed by atoms with E-state index in [1.54, 1.807) is 19.9 Å². The predicted molar refractivity (Wildman–Crippen MR) is 70.9 cm³/mol. The predicted octanol–water partition coefficient (Wildman–Crippen LogP) is 3.50. The van der Waals surface area contributed by atoms with E-state index in [4.69, 9.17) is 16.9 Å². The first-order valence-corrected chi connectivity index (χ1v) is 5.86. The van der Waals surface area contributed by atoms with Crippen molar-refractivity contribution in [3.8, 4) is 6.07 Å². The first kappa shape index (κ1) is 13.2. The fraction of sp³-hybridized carbons (Fsp3) is 0.154. The van der Waals surface area contributed by atoms with Crippen LogP contribution in [0, 0.1) is 31.0 Å². The molecule has 4 nitrogen and oxygen atoms in total. The molecule has 0 unspecified atom stereocenters. The zero-order chi connectivity index (χ0) is 14.0. The maximum absolute atomic E-state index is 13.2. The summed E-state index contributed by atoms with van der Waals surface area (Å²) in [5.74, 6) is -0.183. The molecule has 2 rings (SSSR count). The fourth-order valence-electron chi connectivity index (χ4n) is 1.60. The van der Waals surface area contributed by atoms with Crippen molar-refractivity contribution in [1.29, 1.82) is 5.26 Å². The summed E-state index contributed by atoms with van der Waals surface area (Å²) in [5.41, 5.74) is 2.22. The highest BCUT2D eigenvalue weighted by Crippen LogP contribution is 2.24. The number of nitrogens with one attached hydrogen (secondary N) is 1. The average molecular weight is 277 g/mol. The smallest absolute Gasteiger partial charge is 0.171 e. The molecular weight excluding hydrogens is 267 g/mol. The molecule has 0 spiro atoms. The molecule has 0 aliphatic rings. The third-order valence-electron chi connectivity index (χ3n) is 2.69. The molecule has 0 aliphatic carbocycles. The van der Waals surface area contributed by atoms with E-state index in [-0.39, 0.29) is 10.8 Å². The van der Waals surface area contributed by atoms with E-state index >= 15 is 0 Å². The highest BCUT2D eigenvalue weighted by Gasteiger charge is 2.11. The minimum absolute atomic E-state index is 0.262. The second kappa shape index (κ2) is 5.21. The van der Waals surface area contributed by atoms with Crippen LogP contribution in [0.3, 0.4) is 0 Å². The lowest BCUT2D eigenvalue weighted by atomic mass is 10.1. The molecule has 0 aliphatic heterocycles. The Morgan fingerprint density at radius 3 is 2.63 bits per heavy atom. The van der Waals surface area contributed by atoms with Crippen molar-refractivity contribution in [1.82, 2.24) is 10.2 Å². The van der Waals surface area contributed by atoms with Gasteiger partial charge in [-0.05, 0) is 37.6 Å². The molecule has 1 aromatic carbocycles. The molecule has 0 saturated heterocycles. The summed E-state index contributed by atoms with van der Waals surface area (Å²) < 4.78 is 13.2. The number of hydrogen-bond acceptors (Lipinski definition) is 4. The highest BCUT2D eigenvalue weighted by atomic mass is 35.5. The highest BCUT2D eigenvalue weighted by molar-refractivity contribution is 6.30. The maximum Gasteiger partial charge on any atom is 0.171 e. The molecule has 2 aromatic rings. The Kier molecular flexibility index (Phi) is 3.63. The molecule has 96 valence electrons. The van der Waals surface area contributed by atoms with Crippen LogP contribution >= 0.6 is 11.6 Å². The van der Waals surface area contributed by atoms with Crippen LogP contribution in [0.25, 0.3) is 0 Å². The van der Waals surface area contributed by atoms with Crippen molar-refractivity contribution in [2.75, 3.05) is 5.32 Å². The van der Waals surface area contributed by atoms with E-state index in [2.05, 4.69) is 21.6 Å². The largest absolute Gasteiger partial charge is 0.337 e. The number of aromatic nitrogens is 2. The fourth-order valence-corrected chi connectivity index (χ4v) is 1.82. The van der Waals surface area contributed by atoms with E-state index in [1.165, 1.54) is 12.1 Å². The van der Waals surface area contributed by atoms with Gasteiger partial charge in [0, 0.05) is 10.7 Å². The van der Waals surface area contributed by atoms with E-state index < -0.39 is 5.82 Å². The Morgan fingerprint density at radius 1 is 1.26 bits per heavy atom. The topological polar surface area (TPSA) is 61.6 Å². The van der Waals surface area contributed by atoms with Crippen molar-refractivity contribution >= 4 is 23.1 Å². The van der Waals surface area contributed by atoms with Crippen LogP contribution in [0.5, 0.6) is 0 Å². The van der Waals surface area contributed by atoms with Gasteiger partial charge in [-0.2, -0.15) is 10.4 Å². The summed E-state index contributed by atoms with van der Waals surface area (Å²) >= 11 is 5.77. The van der Waals surface area contributed by atoms with Crippen LogP contribution in [0.4, 0.5) is 15.9 Å². The number of halogens is 2. The molecule has 6 heteroatoms. The Hall–Kier alpha value is -2.19. The second-order valence-electron chi connectivity index (χ2n) is 4.03. The number of benzene rings is 1. The molecule has 19 heavy (non-hydrogen) atoms. The van der Waals surface area contributed by atoms with Gasteiger partial charge in [0.25, 0.3) is 0 Å². The molecular formula is C13H10ClFN4. The first-order valence-electron chi connectivity index (χ1n) is 5.48. The van der Waals surface area contributed by atoms with Gasteiger partial charge in [-0.15, -0.1) is 5.10 Å². The zero-order valence-corrected chi connectivity index (χ0v) is 11.1. The van der Waals surface area contributed by atoms with Gasteiger partial charge < -0.3 is 5.32 Å². The van der Waals surface area contributed by atoms with Crippen LogP contribution < -0.4 is 5.32 Å². The van der Waals surface area contributed by atoms with Gasteiger partial charge in [-0.25, -0.2) is 4.39 Å². The van der Waals surface area contributed by atoms with Crippen LogP contribution in [0.15, 0.2) is 18.2 Å². The van der Waals surface area contributed by atoms with Crippen LogP contribution in [-0.2, 0) is 0 Å². The maximum atomic E-state index is 13.2. The van der Waals surface area contributed by atoms with E-state index in [9.17, 15) is 4.39 Å². The summed E-state index contributed by atoms with van der Waals surface area (Å²) in [6, 6.07) is 6.07. The van der Waals surface area contributed by atoms with E-state index in [0.29, 0.717) is 16.9 Å². The molecule has 1 N–H and O–H groups in total. The van der Waals surface area contributed by atoms with Gasteiger partial charge in [0.2, 0.25) is 0 Å². The minimum atomic E-state index is -0.467. The van der Waals surface area contributed by atoms with Gasteiger partial charge >= 0.3 is 0 Å². The molecule has 0 fully saturated rings. The van der Waals surface area contributed by atoms with Gasteiger partial charge in [0.05, 0.1) is 5.69 Å². The van der Waals surface area contributed by atoms with Crippen molar-refractivity contribution in [3.63, 3.8) is 0 Å². The third-order valence-corrected chi connectivity index (χ3v) is 2.91. The number of hydrogen-bond donors (Lipinski definition) is 1. The second-order valence-corrected chi connectivity index (χ2v) is 4.47. The molecule has 0 saturated carbocycles. The molecule has 1 heterocycles. The van der Waals surface area contributed by atoms with Gasteiger partial charge in [-0.3, -0.25) is 0 Å². The van der Waals surface area contributed by atoms with Crippen LogP contribution in [0.1, 0.15) is 16.8 Å². The molecule has 0 amide bonds. The Balaban J connectivity index is 2.44. The monoisotopic (exact) mass is 276 g/mol. The van der Waals surface area contributed by atoms with E-state index in [1.807, 2.05) is 0 Å². The SMILES string of the molecule is Cc1nnc(Nc2cc(F)cc(Cl)c2)c(C#N)c1C. The van der Waals surface area contributed by atoms with E-state index in [0.717, 1.165) is 5.56 Å². The Labute approximate surface area is 114 Å². The van der Waals surface area contributed by atoms with Gasteiger partial charge in [-0.1, -0.05) is 11.6 Å². The minimum Gasteiger partial charge on any atom is -0.337 e. The van der Waals surface area contributed by atoms with Crippen LogP contribution in [-0.4, -0.2) is 10.2 Å². The first-order chi connectivity index (χ1) is 9.01. The third kappa shape index (κ3) is 2.80. The van der Waals surface area contributed by atoms with Crippen molar-refractivity contribution < 1.29 is 4.39 Å². The number of anilines is 2. The summed E-state index contributed by atoms with van der Waals surface area (Å²) in [4.78, 5) is 0. The van der Waals surface area contributed by atoms with Gasteiger partial charge in [0.1, 0.15) is 17.4 Å². The normalized spacial score (nSPS) is 10.1. The number of nitriles is 1. The van der Waals surface area contributed by atoms with Gasteiger partial charge in [0.15, 0.2) is 5.82 Å². The summed E-state index contributed by atoms with van der Waals surface area (Å²) in [6.45, 7) is 3.55. The van der Waals surface area contributed by atoms with Crippen LogP contribution in [0.2, 0.25) is 5.02 Å². The zero-order valence-electron chi connectivity index (χ0n) is 10.3. The number of rotatable bonds is 2. The standard InChI is InChI=1S/C13H10ClFN4/c1-7-8(2)18-19-13(12(7)6-16)17-11-4-9(14)3-10(15)5-11/h3-5H,1-2H3,(H,17,19). The quantitative estimate of drug-likeness (QED) is 0.912. The molecule has 0 radical (unpaired) electrons.